The summed E-state index contributed by atoms with van der Waals surface area (Å²) in [7, 11) is 0. The van der Waals surface area contributed by atoms with E-state index in [9.17, 15) is 9.18 Å². The van der Waals surface area contributed by atoms with Crippen molar-refractivity contribution in [3.63, 3.8) is 0 Å². The van der Waals surface area contributed by atoms with Gasteiger partial charge in [0, 0.05) is 0 Å². The third-order valence-electron chi connectivity index (χ3n) is 2.97. The number of halogens is 1. The van der Waals surface area contributed by atoms with Crippen LogP contribution in [0.5, 0.6) is 0 Å². The molecule has 18 heavy (non-hydrogen) atoms. The van der Waals surface area contributed by atoms with E-state index >= 15 is 0 Å². The van der Waals surface area contributed by atoms with Gasteiger partial charge in [-0.05, 0) is 24.6 Å². The van der Waals surface area contributed by atoms with Crippen LogP contribution in [0, 0.1) is 5.95 Å². The van der Waals surface area contributed by atoms with Gasteiger partial charge in [0.05, 0.1) is 11.7 Å². The molecule has 0 spiro atoms. The first kappa shape index (κ1) is 12.5. The highest BCUT2D eigenvalue weighted by Crippen LogP contribution is 2.22. The van der Waals surface area contributed by atoms with Gasteiger partial charge in [-0.2, -0.15) is 4.39 Å². The summed E-state index contributed by atoms with van der Waals surface area (Å²) in [5, 5.41) is 8.89. The molecule has 1 aromatic carbocycles. The number of carbonyl (C=O) groups is 1. The van der Waals surface area contributed by atoms with Crippen LogP contribution >= 0.6 is 0 Å². The summed E-state index contributed by atoms with van der Waals surface area (Å²) in [4.78, 5) is 11.5. The highest BCUT2D eigenvalue weighted by atomic mass is 19.1. The monoisotopic (exact) mass is 247 g/mol. The molecule has 0 radical (unpaired) electrons. The molecule has 0 aliphatic carbocycles. The number of nitrogens with zero attached hydrogens (tertiary/aromatic N) is 1. The summed E-state index contributed by atoms with van der Waals surface area (Å²) in [6.45, 7) is 1.19. The van der Waals surface area contributed by atoms with Crippen LogP contribution in [0.15, 0.2) is 42.5 Å². The zero-order valence-corrected chi connectivity index (χ0v) is 10.0. The first-order chi connectivity index (χ1) is 8.65. The lowest BCUT2D eigenvalue weighted by atomic mass is 10.1. The van der Waals surface area contributed by atoms with Gasteiger partial charge in [0.1, 0.15) is 6.61 Å². The maximum absolute atomic E-state index is 13.8. The summed E-state index contributed by atoms with van der Waals surface area (Å²) in [5.74, 6) is -0.968. The highest BCUT2D eigenvalue weighted by Gasteiger charge is 2.19. The van der Waals surface area contributed by atoms with Crippen LogP contribution in [0.2, 0.25) is 0 Å². The Kier molecular flexibility index (Phi) is 3.58. The van der Waals surface area contributed by atoms with Crippen LogP contribution in [0.3, 0.4) is 0 Å². The van der Waals surface area contributed by atoms with Crippen LogP contribution in [-0.2, 0) is 0 Å². The van der Waals surface area contributed by atoms with Crippen molar-refractivity contribution in [2.24, 2.45) is 0 Å². The third kappa shape index (κ3) is 2.19. The van der Waals surface area contributed by atoms with Crippen LogP contribution < -0.4 is 0 Å². The lowest BCUT2D eigenvalue weighted by Gasteiger charge is -2.17. The van der Waals surface area contributed by atoms with Crippen molar-refractivity contribution in [1.82, 2.24) is 4.57 Å². The smallest absolute Gasteiger partial charge is 0.204 e. The number of Topliss-reactive ketones (excluding diaryl/α,β-unsaturated/α-hetero) is 1. The van der Waals surface area contributed by atoms with Crippen LogP contribution in [-0.4, -0.2) is 22.1 Å². The summed E-state index contributed by atoms with van der Waals surface area (Å²) in [5.41, 5.74) is 1.09. The van der Waals surface area contributed by atoms with Gasteiger partial charge in [0.2, 0.25) is 5.78 Å². The molecular formula is C14H14FNO2. The Morgan fingerprint density at radius 1 is 1.28 bits per heavy atom. The maximum atomic E-state index is 13.8. The molecule has 1 aromatic heterocycles. The highest BCUT2D eigenvalue weighted by molar-refractivity contribution is 5.95. The van der Waals surface area contributed by atoms with Gasteiger partial charge in [-0.3, -0.25) is 4.79 Å². The Labute approximate surface area is 104 Å². The van der Waals surface area contributed by atoms with Gasteiger partial charge in [0.15, 0.2) is 5.95 Å². The Morgan fingerprint density at radius 3 is 2.56 bits per heavy atom. The van der Waals surface area contributed by atoms with E-state index in [0.717, 1.165) is 5.56 Å². The minimum absolute atomic E-state index is 0.186. The Balaban J connectivity index is 2.45. The number of aromatic nitrogens is 1. The van der Waals surface area contributed by atoms with E-state index in [2.05, 4.69) is 0 Å². The number of aliphatic hydroxyl groups is 1. The van der Waals surface area contributed by atoms with E-state index in [0.29, 0.717) is 0 Å². The number of rotatable bonds is 4. The zero-order valence-electron chi connectivity index (χ0n) is 10.0. The van der Waals surface area contributed by atoms with Gasteiger partial charge >= 0.3 is 0 Å². The van der Waals surface area contributed by atoms with Crippen molar-refractivity contribution < 1.29 is 14.3 Å². The first-order valence-electron chi connectivity index (χ1n) is 5.71. The summed E-state index contributed by atoms with van der Waals surface area (Å²) >= 11 is 0. The van der Waals surface area contributed by atoms with E-state index in [1.165, 1.54) is 16.7 Å². The SMILES string of the molecule is C[C@H](c1ccccc1)n1c(F)ccc1C(=O)CO. The molecule has 0 aliphatic heterocycles. The van der Waals surface area contributed by atoms with Crippen molar-refractivity contribution in [1.29, 1.82) is 0 Å². The first-order valence-corrected chi connectivity index (χ1v) is 5.71. The zero-order chi connectivity index (χ0) is 13.1. The molecule has 4 heteroatoms. The normalized spacial score (nSPS) is 12.4. The molecular weight excluding hydrogens is 233 g/mol. The maximum Gasteiger partial charge on any atom is 0.204 e. The fourth-order valence-corrected chi connectivity index (χ4v) is 2.01. The van der Waals surface area contributed by atoms with Gasteiger partial charge in [0.25, 0.3) is 0 Å². The van der Waals surface area contributed by atoms with Gasteiger partial charge < -0.3 is 9.67 Å². The molecule has 2 aromatic rings. The fraction of sp³-hybridized carbons (Fsp3) is 0.214. The molecule has 1 atom stereocenters. The average Bonchev–Trinajstić information content (AvgIpc) is 2.80. The quantitative estimate of drug-likeness (QED) is 0.843. The lowest BCUT2D eigenvalue weighted by molar-refractivity contribution is 0.0891. The minimum Gasteiger partial charge on any atom is -0.388 e. The fourth-order valence-electron chi connectivity index (χ4n) is 2.01. The summed E-state index contributed by atoms with van der Waals surface area (Å²) in [6.07, 6.45) is 0. The second-order valence-electron chi connectivity index (χ2n) is 4.08. The summed E-state index contributed by atoms with van der Waals surface area (Å²) < 4.78 is 15.1. The summed E-state index contributed by atoms with van der Waals surface area (Å²) in [6, 6.07) is 11.7. The van der Waals surface area contributed by atoms with Gasteiger partial charge in [-0.25, -0.2) is 0 Å². The number of benzene rings is 1. The Morgan fingerprint density at radius 2 is 1.94 bits per heavy atom. The van der Waals surface area contributed by atoms with Crippen LogP contribution in [0.1, 0.15) is 29.0 Å². The molecule has 1 heterocycles. The number of hydrogen-bond acceptors (Lipinski definition) is 2. The standard InChI is InChI=1S/C14H14FNO2/c1-10(11-5-3-2-4-6-11)16-12(13(18)9-17)7-8-14(16)15/h2-8,10,17H,9H2,1H3/t10-/m1/s1. The van der Waals surface area contributed by atoms with E-state index < -0.39 is 18.3 Å². The second-order valence-corrected chi connectivity index (χ2v) is 4.08. The molecule has 3 nitrogen and oxygen atoms in total. The number of carbonyl (C=O) groups excluding carboxylic acids is 1. The second kappa shape index (κ2) is 5.14. The van der Waals surface area contributed by atoms with Crippen LogP contribution in [0.4, 0.5) is 4.39 Å². The largest absolute Gasteiger partial charge is 0.388 e. The van der Waals surface area contributed by atoms with Crippen molar-refractivity contribution >= 4 is 5.78 Å². The van der Waals surface area contributed by atoms with Crippen molar-refractivity contribution in [2.75, 3.05) is 6.61 Å². The van der Waals surface area contributed by atoms with E-state index in [-0.39, 0.29) is 11.7 Å². The minimum atomic E-state index is -0.620. The molecule has 2 rings (SSSR count). The Bertz CT molecular complexity index is 548. The van der Waals surface area contributed by atoms with Crippen molar-refractivity contribution in [3.05, 3.63) is 59.7 Å². The molecule has 0 amide bonds. The Hall–Kier alpha value is -1.94. The van der Waals surface area contributed by atoms with Gasteiger partial charge in [-0.15, -0.1) is 0 Å². The van der Waals surface area contributed by atoms with E-state index in [1.54, 1.807) is 0 Å². The number of aliphatic hydroxyl groups excluding tert-OH is 1. The molecule has 0 aliphatic rings. The topological polar surface area (TPSA) is 42.2 Å². The van der Waals surface area contributed by atoms with E-state index in [1.807, 2.05) is 37.3 Å². The van der Waals surface area contributed by atoms with Gasteiger partial charge in [-0.1, -0.05) is 30.3 Å². The van der Waals surface area contributed by atoms with E-state index in [4.69, 9.17) is 5.11 Å². The van der Waals surface area contributed by atoms with Crippen molar-refractivity contribution in [3.8, 4) is 0 Å². The molecule has 0 fully saturated rings. The predicted molar refractivity (Wildman–Crippen MR) is 66.1 cm³/mol. The third-order valence-corrected chi connectivity index (χ3v) is 2.97. The van der Waals surface area contributed by atoms with Crippen LogP contribution in [0.25, 0.3) is 0 Å². The molecule has 1 N–H and O–H groups in total. The molecule has 0 saturated carbocycles. The number of ketones is 1. The molecule has 0 unspecified atom stereocenters. The predicted octanol–water partition coefficient (Wildman–Crippen LogP) is 2.41. The molecule has 0 bridgehead atoms. The molecule has 94 valence electrons. The molecule has 0 saturated heterocycles. The number of hydrogen-bond donors (Lipinski definition) is 1. The lowest BCUT2D eigenvalue weighted by Crippen LogP contribution is -2.17. The van der Waals surface area contributed by atoms with Crippen molar-refractivity contribution in [2.45, 2.75) is 13.0 Å². The average molecular weight is 247 g/mol.